The van der Waals surface area contributed by atoms with Crippen LogP contribution in [-0.4, -0.2) is 26.0 Å². The molecule has 0 saturated heterocycles. The number of carbonyl (C=O) groups is 2. The normalized spacial score (nSPS) is 11.4. The number of methoxy groups -OCH3 is 2. The molecule has 0 aliphatic carbocycles. The van der Waals surface area contributed by atoms with Gasteiger partial charge in [0.05, 0.1) is 19.9 Å². The van der Waals surface area contributed by atoms with Crippen LogP contribution in [0.3, 0.4) is 0 Å². The minimum Gasteiger partial charge on any atom is -0.497 e. The second-order valence-corrected chi connectivity index (χ2v) is 10.2. The number of thioether (sulfide) groups is 1. The summed E-state index contributed by atoms with van der Waals surface area (Å²) in [5, 5.41) is 7.51. The van der Waals surface area contributed by atoms with Crippen LogP contribution in [0.2, 0.25) is 0 Å². The molecule has 0 aromatic heterocycles. The highest BCUT2D eigenvalue weighted by molar-refractivity contribution is 8.00. The second-order valence-electron chi connectivity index (χ2n) is 9.01. The Hall–Kier alpha value is -4.75. The standard InChI is InChI=1S/C33H28N2O4S/c1-38-27-17-18-30(39-2)29(21-27)35-33(37)31(23-10-4-3-5-11-23)40-28-14-8-13-26(20-28)34-32(36)25-16-15-22-9-6-7-12-24(22)19-25/h3-21,31H,1-2H3,(H,34,36)(H,35,37). The molecule has 200 valence electrons. The quantitative estimate of drug-likeness (QED) is 0.186. The number of fused-ring (bicyclic) bond motifs is 1. The lowest BCUT2D eigenvalue weighted by Gasteiger charge is -2.19. The highest BCUT2D eigenvalue weighted by Gasteiger charge is 2.24. The lowest BCUT2D eigenvalue weighted by atomic mass is 10.1. The van der Waals surface area contributed by atoms with E-state index in [9.17, 15) is 9.59 Å². The zero-order valence-corrected chi connectivity index (χ0v) is 22.9. The molecule has 1 atom stereocenters. The predicted octanol–water partition coefficient (Wildman–Crippen LogP) is 7.58. The van der Waals surface area contributed by atoms with Gasteiger partial charge in [0.15, 0.2) is 0 Å². The highest BCUT2D eigenvalue weighted by atomic mass is 32.2. The molecule has 0 aliphatic heterocycles. The first kappa shape index (κ1) is 26.8. The molecule has 2 N–H and O–H groups in total. The number of rotatable bonds is 9. The molecule has 0 fully saturated rings. The van der Waals surface area contributed by atoms with E-state index in [4.69, 9.17) is 9.47 Å². The fourth-order valence-electron chi connectivity index (χ4n) is 4.33. The van der Waals surface area contributed by atoms with Crippen LogP contribution in [0.1, 0.15) is 21.2 Å². The average molecular weight is 549 g/mol. The summed E-state index contributed by atoms with van der Waals surface area (Å²) in [5.41, 5.74) is 2.58. The van der Waals surface area contributed by atoms with Gasteiger partial charge in [0.2, 0.25) is 5.91 Å². The van der Waals surface area contributed by atoms with Crippen molar-refractivity contribution in [3.63, 3.8) is 0 Å². The van der Waals surface area contributed by atoms with Gasteiger partial charge in [0.1, 0.15) is 16.7 Å². The number of benzene rings is 5. The van der Waals surface area contributed by atoms with Crippen molar-refractivity contribution in [3.8, 4) is 11.5 Å². The summed E-state index contributed by atoms with van der Waals surface area (Å²) in [6.07, 6.45) is 0. The van der Waals surface area contributed by atoms with Crippen molar-refractivity contribution in [1.82, 2.24) is 0 Å². The summed E-state index contributed by atoms with van der Waals surface area (Å²) >= 11 is 1.40. The Morgan fingerprint density at radius 3 is 2.25 bits per heavy atom. The first-order valence-electron chi connectivity index (χ1n) is 12.7. The first-order valence-corrected chi connectivity index (χ1v) is 13.6. The molecule has 5 rings (SSSR count). The molecular weight excluding hydrogens is 520 g/mol. The van der Waals surface area contributed by atoms with Gasteiger partial charge in [-0.25, -0.2) is 0 Å². The van der Waals surface area contributed by atoms with Gasteiger partial charge >= 0.3 is 0 Å². The Bertz CT molecular complexity index is 1660. The molecule has 0 aliphatic rings. The van der Waals surface area contributed by atoms with Crippen LogP contribution in [0, 0.1) is 0 Å². The fourth-order valence-corrected chi connectivity index (χ4v) is 5.41. The molecule has 5 aromatic carbocycles. The van der Waals surface area contributed by atoms with E-state index in [1.807, 2.05) is 97.1 Å². The molecule has 7 heteroatoms. The third-order valence-electron chi connectivity index (χ3n) is 6.36. The first-order chi connectivity index (χ1) is 19.5. The van der Waals surface area contributed by atoms with Crippen LogP contribution in [0.5, 0.6) is 11.5 Å². The van der Waals surface area contributed by atoms with E-state index in [0.29, 0.717) is 28.4 Å². The maximum atomic E-state index is 13.6. The molecule has 0 spiro atoms. The number of nitrogens with one attached hydrogen (secondary N) is 2. The molecule has 0 saturated carbocycles. The second kappa shape index (κ2) is 12.4. The SMILES string of the molecule is COc1ccc(OC)c(NC(=O)C(Sc2cccc(NC(=O)c3ccc4ccccc4c3)c2)c2ccccc2)c1. The zero-order valence-electron chi connectivity index (χ0n) is 22.1. The van der Waals surface area contributed by atoms with Gasteiger partial charge < -0.3 is 20.1 Å². The van der Waals surface area contributed by atoms with Crippen LogP contribution >= 0.6 is 11.8 Å². The summed E-state index contributed by atoms with van der Waals surface area (Å²) in [6.45, 7) is 0. The largest absolute Gasteiger partial charge is 0.497 e. The molecule has 6 nitrogen and oxygen atoms in total. The monoisotopic (exact) mass is 548 g/mol. The van der Waals surface area contributed by atoms with E-state index in [0.717, 1.165) is 21.2 Å². The summed E-state index contributed by atoms with van der Waals surface area (Å²) < 4.78 is 10.8. The zero-order chi connectivity index (χ0) is 27.9. The molecule has 1 unspecified atom stereocenters. The van der Waals surface area contributed by atoms with Crippen molar-refractivity contribution in [2.24, 2.45) is 0 Å². The molecule has 5 aromatic rings. The summed E-state index contributed by atoms with van der Waals surface area (Å²) in [7, 11) is 3.13. The fraction of sp³-hybridized carbons (Fsp3) is 0.0909. The van der Waals surface area contributed by atoms with Gasteiger partial charge in [-0.2, -0.15) is 0 Å². The molecule has 0 radical (unpaired) electrons. The molecule has 0 bridgehead atoms. The Morgan fingerprint density at radius 1 is 0.700 bits per heavy atom. The third kappa shape index (κ3) is 6.27. The van der Waals surface area contributed by atoms with Crippen molar-refractivity contribution in [1.29, 1.82) is 0 Å². The molecule has 0 heterocycles. The Balaban J connectivity index is 1.37. The summed E-state index contributed by atoms with van der Waals surface area (Å²) in [6, 6.07) is 35.9. The van der Waals surface area contributed by atoms with Crippen molar-refractivity contribution in [3.05, 3.63) is 126 Å². The maximum Gasteiger partial charge on any atom is 0.255 e. The Kier molecular flexibility index (Phi) is 8.32. The summed E-state index contributed by atoms with van der Waals surface area (Å²) in [5.74, 6) is 0.725. The van der Waals surface area contributed by atoms with Crippen LogP contribution in [0.4, 0.5) is 11.4 Å². The number of carbonyl (C=O) groups excluding carboxylic acids is 2. The summed E-state index contributed by atoms with van der Waals surface area (Å²) in [4.78, 5) is 27.5. The lowest BCUT2D eigenvalue weighted by molar-refractivity contribution is -0.115. The van der Waals surface area contributed by atoms with Gasteiger partial charge in [-0.1, -0.05) is 66.7 Å². The van der Waals surface area contributed by atoms with Crippen molar-refractivity contribution in [2.75, 3.05) is 24.9 Å². The topological polar surface area (TPSA) is 76.7 Å². The van der Waals surface area contributed by atoms with Crippen molar-refractivity contribution >= 4 is 45.7 Å². The van der Waals surface area contributed by atoms with Gasteiger partial charge in [0, 0.05) is 22.2 Å². The average Bonchev–Trinajstić information content (AvgIpc) is 3.00. The van der Waals surface area contributed by atoms with E-state index in [2.05, 4.69) is 10.6 Å². The smallest absolute Gasteiger partial charge is 0.255 e. The van der Waals surface area contributed by atoms with Gasteiger partial charge in [-0.05, 0) is 58.8 Å². The maximum absolute atomic E-state index is 13.6. The number of amides is 2. The third-order valence-corrected chi connectivity index (χ3v) is 7.61. The number of hydrogen-bond acceptors (Lipinski definition) is 5. The van der Waals surface area contributed by atoms with Crippen LogP contribution < -0.4 is 20.1 Å². The van der Waals surface area contributed by atoms with Gasteiger partial charge in [-0.3, -0.25) is 9.59 Å². The van der Waals surface area contributed by atoms with Crippen molar-refractivity contribution < 1.29 is 19.1 Å². The predicted molar refractivity (Wildman–Crippen MR) is 162 cm³/mol. The minimum atomic E-state index is -0.566. The van der Waals surface area contributed by atoms with Crippen LogP contribution in [0.25, 0.3) is 10.8 Å². The molecule has 40 heavy (non-hydrogen) atoms. The van der Waals surface area contributed by atoms with E-state index in [1.165, 1.54) is 11.8 Å². The molecule has 2 amide bonds. The van der Waals surface area contributed by atoms with E-state index in [1.54, 1.807) is 32.4 Å². The number of anilines is 2. The van der Waals surface area contributed by atoms with Gasteiger partial charge in [0.25, 0.3) is 5.91 Å². The molecular formula is C33H28N2O4S. The minimum absolute atomic E-state index is 0.199. The van der Waals surface area contributed by atoms with E-state index >= 15 is 0 Å². The van der Waals surface area contributed by atoms with Crippen LogP contribution in [-0.2, 0) is 4.79 Å². The lowest BCUT2D eigenvalue weighted by Crippen LogP contribution is -2.19. The van der Waals surface area contributed by atoms with E-state index in [-0.39, 0.29) is 11.8 Å². The van der Waals surface area contributed by atoms with Crippen molar-refractivity contribution in [2.45, 2.75) is 10.1 Å². The Labute approximate surface area is 237 Å². The van der Waals surface area contributed by atoms with Gasteiger partial charge in [-0.15, -0.1) is 11.8 Å². The number of hydrogen-bond donors (Lipinski definition) is 2. The Morgan fingerprint density at radius 2 is 1.48 bits per heavy atom. The van der Waals surface area contributed by atoms with E-state index < -0.39 is 5.25 Å². The highest BCUT2D eigenvalue weighted by Crippen LogP contribution is 2.38. The van der Waals surface area contributed by atoms with Crippen LogP contribution in [0.15, 0.2) is 120 Å². The number of ether oxygens (including phenoxy) is 2.